The number of hydrogen-bond donors (Lipinski definition) is 1. The summed E-state index contributed by atoms with van der Waals surface area (Å²) in [6.45, 7) is 1.90. The molecule has 3 aromatic rings. The first-order valence-electron chi connectivity index (χ1n) is 15.4. The van der Waals surface area contributed by atoms with Crippen molar-refractivity contribution in [3.05, 3.63) is 53.6 Å². The minimum absolute atomic E-state index is 0.0147. The van der Waals surface area contributed by atoms with Gasteiger partial charge in [-0.1, -0.05) is 24.2 Å². The fourth-order valence-electron chi connectivity index (χ4n) is 5.15. The Morgan fingerprint density at radius 2 is 1.92 bits per heavy atom. The summed E-state index contributed by atoms with van der Waals surface area (Å²) >= 11 is 6.55. The minimum Gasteiger partial charge on any atom is -0.507 e. The molecular formula is C28H31ClF2N6O2. The molecule has 1 N–H and O–H groups in total. The third-order valence-corrected chi connectivity index (χ3v) is 7.62. The van der Waals surface area contributed by atoms with Gasteiger partial charge in [-0.2, -0.15) is 4.98 Å². The Bertz CT molecular complexity index is 1640. The van der Waals surface area contributed by atoms with Crippen molar-refractivity contribution in [2.75, 3.05) is 49.9 Å². The standard InChI is InChI=1S/C28H31ClF2N6O2/c1-6-22(39)36-11-16(3)37(12-15(36)2)27-18-10-19(29)23(24-20(30)8-7-9-21(24)38)25(31)26(18)32-28(33-27)35-13-17(14-35)34(4)5/h6-10,15-17,38H,1,11-14H2,2-5H3/t15-,16+/m1/s1/i4D3,5D3. The Labute approximate surface area is 239 Å². The lowest BCUT2D eigenvalue weighted by Gasteiger charge is -2.45. The molecule has 5 rings (SSSR count). The van der Waals surface area contributed by atoms with Crippen LogP contribution in [0.1, 0.15) is 22.1 Å². The van der Waals surface area contributed by atoms with E-state index in [4.69, 9.17) is 24.8 Å². The molecule has 1 aromatic heterocycles. The SMILES string of the molecule is [2H]C([2H])([2H])N(C1CN(c2nc(N3C[C@@H](C)N(C(=O)C=C)C[C@@H]3C)c3cc(Cl)c(-c4c(O)cccc4F)c(F)c3n2)C1)C([2H])([2H])[2H]. The lowest BCUT2D eigenvalue weighted by Crippen LogP contribution is -2.59. The first kappa shape index (κ1) is 20.4. The Morgan fingerprint density at radius 1 is 1.18 bits per heavy atom. The van der Waals surface area contributed by atoms with E-state index in [1.54, 1.807) is 4.90 Å². The fourth-order valence-corrected chi connectivity index (χ4v) is 5.43. The number of aromatic nitrogens is 2. The van der Waals surface area contributed by atoms with Gasteiger partial charge in [-0.3, -0.25) is 4.79 Å². The van der Waals surface area contributed by atoms with Crippen molar-refractivity contribution in [1.82, 2.24) is 19.8 Å². The van der Waals surface area contributed by atoms with E-state index in [2.05, 4.69) is 11.6 Å². The number of piperazine rings is 1. The zero-order valence-corrected chi connectivity index (χ0v) is 22.1. The number of fused-ring (bicyclic) bond motifs is 1. The number of carbonyl (C=O) groups excluding carboxylic acids is 1. The number of rotatable bonds is 5. The van der Waals surface area contributed by atoms with Crippen molar-refractivity contribution >= 4 is 40.2 Å². The summed E-state index contributed by atoms with van der Waals surface area (Å²) in [5.74, 6) is -2.46. The molecule has 3 heterocycles. The first-order valence-corrected chi connectivity index (χ1v) is 12.7. The zero-order valence-electron chi connectivity index (χ0n) is 27.3. The van der Waals surface area contributed by atoms with Crippen molar-refractivity contribution in [3.63, 3.8) is 0 Å². The molecular weight excluding hydrogens is 526 g/mol. The van der Waals surface area contributed by atoms with Crippen LogP contribution in [0.5, 0.6) is 5.75 Å². The van der Waals surface area contributed by atoms with Crippen molar-refractivity contribution in [3.8, 4) is 16.9 Å². The summed E-state index contributed by atoms with van der Waals surface area (Å²) in [7, 11) is 0. The summed E-state index contributed by atoms with van der Waals surface area (Å²) in [5.41, 5.74) is -1.10. The quantitative estimate of drug-likeness (QED) is 0.465. The lowest BCUT2D eigenvalue weighted by molar-refractivity contribution is -0.128. The number of anilines is 2. The molecule has 206 valence electrons. The normalized spacial score (nSPS) is 23.0. The van der Waals surface area contributed by atoms with Crippen LogP contribution in [0, 0.1) is 11.6 Å². The minimum atomic E-state index is -2.90. The molecule has 2 saturated heterocycles. The molecule has 8 nitrogen and oxygen atoms in total. The van der Waals surface area contributed by atoms with Crippen LogP contribution in [0.4, 0.5) is 20.5 Å². The maximum absolute atomic E-state index is 16.5. The maximum Gasteiger partial charge on any atom is 0.246 e. The molecule has 2 aliphatic rings. The van der Waals surface area contributed by atoms with Crippen LogP contribution in [-0.4, -0.2) is 89.0 Å². The van der Waals surface area contributed by atoms with E-state index in [0.717, 1.165) is 6.07 Å². The number of phenols is 1. The van der Waals surface area contributed by atoms with Crippen LogP contribution < -0.4 is 9.80 Å². The van der Waals surface area contributed by atoms with Gasteiger partial charge >= 0.3 is 0 Å². The molecule has 2 aliphatic heterocycles. The number of hydrogen-bond acceptors (Lipinski definition) is 7. The highest BCUT2D eigenvalue weighted by Gasteiger charge is 2.36. The highest BCUT2D eigenvalue weighted by atomic mass is 35.5. The van der Waals surface area contributed by atoms with Gasteiger partial charge in [0.05, 0.1) is 10.6 Å². The molecule has 2 atom stereocenters. The molecule has 0 bridgehead atoms. The number of phenolic OH excluding ortho intramolecular Hbond substituents is 1. The average Bonchev–Trinajstić information content (AvgIpc) is 2.91. The molecule has 2 fully saturated rings. The summed E-state index contributed by atoms with van der Waals surface area (Å²) in [6, 6.07) is 3.39. The van der Waals surface area contributed by atoms with Gasteiger partial charge in [-0.05, 0) is 52.1 Å². The second-order valence-corrected chi connectivity index (χ2v) is 10.3. The molecule has 1 amide bonds. The van der Waals surface area contributed by atoms with E-state index in [-0.39, 0.29) is 65.3 Å². The van der Waals surface area contributed by atoms with E-state index < -0.39 is 48.5 Å². The summed E-state index contributed by atoms with van der Waals surface area (Å²) in [6.07, 6.45) is 1.23. The predicted octanol–water partition coefficient (Wildman–Crippen LogP) is 4.30. The predicted molar refractivity (Wildman–Crippen MR) is 149 cm³/mol. The highest BCUT2D eigenvalue weighted by Crippen LogP contribution is 2.43. The van der Waals surface area contributed by atoms with Crippen LogP contribution >= 0.6 is 11.6 Å². The first-order chi connectivity index (χ1) is 20.9. The van der Waals surface area contributed by atoms with E-state index >= 15 is 4.39 Å². The van der Waals surface area contributed by atoms with Crippen molar-refractivity contribution in [2.24, 2.45) is 0 Å². The van der Waals surface area contributed by atoms with Crippen LogP contribution in [0.25, 0.3) is 22.0 Å². The molecule has 0 aliphatic carbocycles. The van der Waals surface area contributed by atoms with Gasteiger partial charge in [0.15, 0.2) is 5.82 Å². The van der Waals surface area contributed by atoms with E-state index in [9.17, 15) is 14.3 Å². The molecule has 0 spiro atoms. The van der Waals surface area contributed by atoms with Gasteiger partial charge in [0, 0.05) is 63.5 Å². The molecule has 0 unspecified atom stereocenters. The van der Waals surface area contributed by atoms with Gasteiger partial charge in [-0.25, -0.2) is 13.8 Å². The van der Waals surface area contributed by atoms with E-state index in [0.29, 0.717) is 11.4 Å². The number of benzene rings is 2. The van der Waals surface area contributed by atoms with Crippen LogP contribution in [0.2, 0.25) is 5.02 Å². The van der Waals surface area contributed by atoms with Crippen LogP contribution in [0.15, 0.2) is 36.9 Å². The number of nitrogens with zero attached hydrogens (tertiary/aromatic N) is 6. The Balaban J connectivity index is 1.65. The van der Waals surface area contributed by atoms with Gasteiger partial charge in [-0.15, -0.1) is 0 Å². The summed E-state index contributed by atoms with van der Waals surface area (Å²) in [4.78, 5) is 27.2. The third kappa shape index (κ3) is 4.65. The summed E-state index contributed by atoms with van der Waals surface area (Å²) in [5, 5.41) is 10.4. The van der Waals surface area contributed by atoms with Gasteiger partial charge in [0.1, 0.15) is 22.9 Å². The van der Waals surface area contributed by atoms with E-state index in [1.165, 1.54) is 29.2 Å². The Morgan fingerprint density at radius 3 is 2.59 bits per heavy atom. The van der Waals surface area contributed by atoms with Gasteiger partial charge in [0.25, 0.3) is 0 Å². The Kier molecular flexibility index (Phi) is 5.36. The van der Waals surface area contributed by atoms with Gasteiger partial charge < -0.3 is 24.7 Å². The smallest absolute Gasteiger partial charge is 0.246 e. The topological polar surface area (TPSA) is 76.0 Å². The molecule has 0 radical (unpaired) electrons. The molecule has 39 heavy (non-hydrogen) atoms. The third-order valence-electron chi connectivity index (χ3n) is 7.32. The van der Waals surface area contributed by atoms with Crippen LogP contribution in [0.3, 0.4) is 0 Å². The highest BCUT2D eigenvalue weighted by molar-refractivity contribution is 6.34. The number of likely N-dealkylation sites (N-methyl/N-ethyl adjacent to an activating group) is 1. The maximum atomic E-state index is 16.5. The van der Waals surface area contributed by atoms with E-state index in [1.807, 2.05) is 18.7 Å². The van der Waals surface area contributed by atoms with Crippen molar-refractivity contribution < 1.29 is 26.9 Å². The fraction of sp³-hybridized carbons (Fsp3) is 0.393. The van der Waals surface area contributed by atoms with Crippen molar-refractivity contribution in [1.29, 1.82) is 0 Å². The molecule has 2 aromatic carbocycles. The number of halogens is 3. The largest absolute Gasteiger partial charge is 0.507 e. The monoisotopic (exact) mass is 562 g/mol. The van der Waals surface area contributed by atoms with Crippen molar-refractivity contribution in [2.45, 2.75) is 32.0 Å². The molecule has 0 saturated carbocycles. The Hall–Kier alpha value is -3.50. The van der Waals surface area contributed by atoms with Gasteiger partial charge in [0.2, 0.25) is 11.9 Å². The second kappa shape index (κ2) is 10.2. The zero-order chi connectivity index (χ0) is 33.2. The lowest BCUT2D eigenvalue weighted by atomic mass is 10.00. The number of aromatic hydroxyl groups is 1. The molecule has 11 heteroatoms. The van der Waals surface area contributed by atoms with Crippen LogP contribution in [-0.2, 0) is 4.79 Å². The number of carbonyl (C=O) groups is 1. The summed E-state index contributed by atoms with van der Waals surface area (Å²) < 4.78 is 77.9. The second-order valence-electron chi connectivity index (χ2n) is 9.90. The number of amides is 1. The average molecular weight is 563 g/mol.